The van der Waals surface area contributed by atoms with Gasteiger partial charge in [0, 0.05) is 11.6 Å². The van der Waals surface area contributed by atoms with Crippen LogP contribution in [0.4, 0.5) is 17.6 Å². The van der Waals surface area contributed by atoms with E-state index in [9.17, 15) is 22.4 Å². The third kappa shape index (κ3) is 5.07. The highest BCUT2D eigenvalue weighted by molar-refractivity contribution is 5.94. The molecule has 1 fully saturated rings. The van der Waals surface area contributed by atoms with Crippen molar-refractivity contribution in [2.75, 3.05) is 13.1 Å². The van der Waals surface area contributed by atoms with Crippen LogP contribution < -0.4 is 10.6 Å². The minimum atomic E-state index is -4.82. The highest BCUT2D eigenvalue weighted by Crippen LogP contribution is 2.31. The highest BCUT2D eigenvalue weighted by Gasteiger charge is 2.34. The average molecular weight is 355 g/mol. The molecule has 1 aromatic carbocycles. The van der Waals surface area contributed by atoms with Crippen molar-refractivity contribution in [3.8, 4) is 0 Å². The van der Waals surface area contributed by atoms with E-state index in [2.05, 4.69) is 10.6 Å². The summed E-state index contributed by atoms with van der Waals surface area (Å²) in [4.78, 5) is 12.1. The van der Waals surface area contributed by atoms with E-state index < -0.39 is 23.5 Å². The van der Waals surface area contributed by atoms with Crippen LogP contribution in [0.15, 0.2) is 18.2 Å². The molecule has 1 saturated heterocycles. The maximum atomic E-state index is 13.2. The van der Waals surface area contributed by atoms with Gasteiger partial charge in [0.15, 0.2) is 0 Å². The minimum absolute atomic E-state index is 0. The first-order chi connectivity index (χ1) is 10.3. The van der Waals surface area contributed by atoms with Gasteiger partial charge >= 0.3 is 6.18 Å². The molecule has 2 atom stereocenters. The first-order valence-corrected chi connectivity index (χ1v) is 7.17. The van der Waals surface area contributed by atoms with E-state index in [1.165, 1.54) is 0 Å². The Kier molecular flexibility index (Phi) is 6.83. The molecule has 1 aliphatic heterocycles. The quantitative estimate of drug-likeness (QED) is 0.817. The summed E-state index contributed by atoms with van der Waals surface area (Å²) in [5.74, 6) is -1.77. The normalized spacial score (nSPS) is 19.6. The lowest BCUT2D eigenvalue weighted by Crippen LogP contribution is -2.44. The van der Waals surface area contributed by atoms with E-state index in [1.807, 2.05) is 6.92 Å². The number of rotatable bonds is 3. The Morgan fingerprint density at radius 1 is 1.39 bits per heavy atom. The zero-order valence-electron chi connectivity index (χ0n) is 12.5. The molecule has 1 aliphatic rings. The fraction of sp³-hybridized carbons (Fsp3) is 0.533. The second-order valence-electron chi connectivity index (χ2n) is 5.56. The molecule has 0 radical (unpaired) electrons. The van der Waals surface area contributed by atoms with E-state index >= 15 is 0 Å². The molecule has 1 amide bonds. The standard InChI is InChI=1S/C15H18F4N2O.ClH/c1-9(11-3-2-6-20-8-11)21-14(22)10-4-5-13(16)12(7-10)15(17,18)19;/h4-5,7,9,11,20H,2-3,6,8H2,1H3,(H,21,22);1H. The van der Waals surface area contributed by atoms with Crippen LogP contribution in [0.1, 0.15) is 35.7 Å². The van der Waals surface area contributed by atoms with Crippen LogP contribution in [0.3, 0.4) is 0 Å². The molecular weight excluding hydrogens is 336 g/mol. The number of hydrogen-bond donors (Lipinski definition) is 2. The van der Waals surface area contributed by atoms with E-state index in [0.717, 1.165) is 32.0 Å². The molecule has 130 valence electrons. The maximum Gasteiger partial charge on any atom is 0.419 e. The topological polar surface area (TPSA) is 41.1 Å². The largest absolute Gasteiger partial charge is 0.419 e. The van der Waals surface area contributed by atoms with Gasteiger partial charge in [-0.2, -0.15) is 13.2 Å². The van der Waals surface area contributed by atoms with Crippen molar-refractivity contribution in [2.45, 2.75) is 32.0 Å². The van der Waals surface area contributed by atoms with Gasteiger partial charge in [0.2, 0.25) is 0 Å². The molecule has 1 aromatic rings. The monoisotopic (exact) mass is 354 g/mol. The molecule has 1 heterocycles. The lowest BCUT2D eigenvalue weighted by molar-refractivity contribution is -0.140. The van der Waals surface area contributed by atoms with E-state index in [4.69, 9.17) is 0 Å². The SMILES string of the molecule is CC(NC(=O)c1ccc(F)c(C(F)(F)F)c1)C1CCCNC1.Cl. The van der Waals surface area contributed by atoms with Crippen molar-refractivity contribution in [1.82, 2.24) is 10.6 Å². The lowest BCUT2D eigenvalue weighted by Gasteiger charge is -2.29. The van der Waals surface area contributed by atoms with Crippen molar-refractivity contribution in [2.24, 2.45) is 5.92 Å². The summed E-state index contributed by atoms with van der Waals surface area (Å²) in [5.41, 5.74) is -1.61. The maximum absolute atomic E-state index is 13.2. The van der Waals surface area contributed by atoms with Crippen LogP contribution in [-0.4, -0.2) is 25.0 Å². The summed E-state index contributed by atoms with van der Waals surface area (Å²) in [6.45, 7) is 3.52. The second-order valence-corrected chi connectivity index (χ2v) is 5.56. The van der Waals surface area contributed by atoms with Crippen LogP contribution in [0.2, 0.25) is 0 Å². The number of carbonyl (C=O) groups excluding carboxylic acids is 1. The van der Waals surface area contributed by atoms with E-state index in [-0.39, 0.29) is 29.9 Å². The Bertz CT molecular complexity index is 545. The van der Waals surface area contributed by atoms with Crippen LogP contribution in [0, 0.1) is 11.7 Å². The first kappa shape index (κ1) is 19.7. The van der Waals surface area contributed by atoms with Gasteiger partial charge in [-0.05, 0) is 57.0 Å². The fourth-order valence-electron chi connectivity index (χ4n) is 2.60. The molecule has 2 rings (SSSR count). The Morgan fingerprint density at radius 3 is 2.65 bits per heavy atom. The molecule has 0 spiro atoms. The van der Waals surface area contributed by atoms with Gasteiger partial charge in [-0.25, -0.2) is 4.39 Å². The van der Waals surface area contributed by atoms with E-state index in [0.29, 0.717) is 12.1 Å². The van der Waals surface area contributed by atoms with Crippen molar-refractivity contribution in [3.05, 3.63) is 35.1 Å². The van der Waals surface area contributed by atoms with Gasteiger partial charge in [-0.3, -0.25) is 4.79 Å². The minimum Gasteiger partial charge on any atom is -0.349 e. The molecule has 0 bridgehead atoms. The molecule has 0 saturated carbocycles. The van der Waals surface area contributed by atoms with Gasteiger partial charge in [0.05, 0.1) is 5.56 Å². The van der Waals surface area contributed by atoms with Crippen molar-refractivity contribution in [1.29, 1.82) is 0 Å². The third-order valence-corrected chi connectivity index (χ3v) is 3.93. The molecule has 8 heteroatoms. The zero-order chi connectivity index (χ0) is 16.3. The summed E-state index contributed by atoms with van der Waals surface area (Å²) in [5, 5.41) is 5.91. The lowest BCUT2D eigenvalue weighted by atomic mass is 9.92. The van der Waals surface area contributed by atoms with Crippen molar-refractivity contribution >= 4 is 18.3 Å². The number of amides is 1. The molecule has 2 N–H and O–H groups in total. The molecule has 0 aromatic heterocycles. The number of carbonyl (C=O) groups is 1. The summed E-state index contributed by atoms with van der Waals surface area (Å²) in [6.07, 6.45) is -2.87. The molecule has 3 nitrogen and oxygen atoms in total. The van der Waals surface area contributed by atoms with Crippen molar-refractivity contribution < 1.29 is 22.4 Å². The summed E-state index contributed by atoms with van der Waals surface area (Å²) < 4.78 is 51.2. The van der Waals surface area contributed by atoms with Crippen LogP contribution in [0.5, 0.6) is 0 Å². The molecular formula is C15H19ClF4N2O. The van der Waals surface area contributed by atoms with Gasteiger partial charge in [-0.15, -0.1) is 12.4 Å². The number of benzene rings is 1. The number of halogens is 5. The van der Waals surface area contributed by atoms with Crippen LogP contribution in [0.25, 0.3) is 0 Å². The predicted octanol–water partition coefficient (Wildman–Crippen LogP) is 3.38. The van der Waals surface area contributed by atoms with Gasteiger partial charge in [-0.1, -0.05) is 0 Å². The average Bonchev–Trinajstić information content (AvgIpc) is 2.47. The van der Waals surface area contributed by atoms with Gasteiger partial charge in [0.25, 0.3) is 5.91 Å². The van der Waals surface area contributed by atoms with Crippen LogP contribution >= 0.6 is 12.4 Å². The van der Waals surface area contributed by atoms with E-state index in [1.54, 1.807) is 0 Å². The smallest absolute Gasteiger partial charge is 0.349 e. The summed E-state index contributed by atoms with van der Waals surface area (Å²) in [7, 11) is 0. The zero-order valence-corrected chi connectivity index (χ0v) is 13.4. The Hall–Kier alpha value is -1.34. The second kappa shape index (κ2) is 7.97. The van der Waals surface area contributed by atoms with Gasteiger partial charge < -0.3 is 10.6 Å². The van der Waals surface area contributed by atoms with Crippen LogP contribution in [-0.2, 0) is 6.18 Å². The predicted molar refractivity (Wildman–Crippen MR) is 81.2 cm³/mol. The Morgan fingerprint density at radius 2 is 2.09 bits per heavy atom. The summed E-state index contributed by atoms with van der Waals surface area (Å²) in [6, 6.07) is 2.12. The first-order valence-electron chi connectivity index (χ1n) is 7.17. The molecule has 23 heavy (non-hydrogen) atoms. The third-order valence-electron chi connectivity index (χ3n) is 3.93. The fourth-order valence-corrected chi connectivity index (χ4v) is 2.60. The Balaban J connectivity index is 0.00000264. The summed E-state index contributed by atoms with van der Waals surface area (Å²) >= 11 is 0. The Labute approximate surface area is 138 Å². The van der Waals surface area contributed by atoms with Gasteiger partial charge in [0.1, 0.15) is 5.82 Å². The molecule has 2 unspecified atom stereocenters. The number of hydrogen-bond acceptors (Lipinski definition) is 2. The highest BCUT2D eigenvalue weighted by atomic mass is 35.5. The van der Waals surface area contributed by atoms with Crippen molar-refractivity contribution in [3.63, 3.8) is 0 Å². The number of piperidine rings is 1. The molecule has 0 aliphatic carbocycles. The number of alkyl halides is 3. The number of nitrogens with one attached hydrogen (secondary N) is 2.